The molecular weight excluding hydrogens is 556 g/mol. The topological polar surface area (TPSA) is 187 Å². The van der Waals surface area contributed by atoms with Gasteiger partial charge >= 0.3 is 5.97 Å². The molecule has 4 atom stereocenters. The Morgan fingerprint density at radius 2 is 1.93 bits per heavy atom. The average Bonchev–Trinajstić information content (AvgIpc) is 3.53. The van der Waals surface area contributed by atoms with E-state index in [0.717, 1.165) is 16.7 Å². The predicted octanol–water partition coefficient (Wildman–Crippen LogP) is 2.41. The summed E-state index contributed by atoms with van der Waals surface area (Å²) in [5.41, 5.74) is 9.47. The van der Waals surface area contributed by atoms with E-state index in [0.29, 0.717) is 55.9 Å². The number of esters is 1. The Kier molecular flexibility index (Phi) is 9.67. The molecule has 0 amide bonds. The zero-order chi connectivity index (χ0) is 30.3. The fraction of sp³-hybridized carbons (Fsp3) is 0.400. The summed E-state index contributed by atoms with van der Waals surface area (Å²) in [5, 5.41) is 34.0. The highest BCUT2D eigenvalue weighted by Crippen LogP contribution is 2.36. The SMILES string of the molecule is CCOC(=O)CCCCOc1cc(CNc2nc3c(N)ncnc3n2[C@@H]2O[C@H](CO)[C@@H](O)[C@H]2O)ccc1-c1ccccc1. The number of carbonyl (C=O) groups excluding carboxylic acids is 1. The van der Waals surface area contributed by atoms with Crippen molar-refractivity contribution in [3.63, 3.8) is 0 Å². The highest BCUT2D eigenvalue weighted by molar-refractivity contribution is 5.84. The van der Waals surface area contributed by atoms with Gasteiger partial charge in [-0.05, 0) is 37.0 Å². The molecular formula is C30H36N6O7. The largest absolute Gasteiger partial charge is 0.493 e. The minimum atomic E-state index is -1.35. The van der Waals surface area contributed by atoms with Crippen molar-refractivity contribution in [1.82, 2.24) is 19.5 Å². The second-order valence-electron chi connectivity index (χ2n) is 10.1. The quantitative estimate of drug-likeness (QED) is 0.113. The van der Waals surface area contributed by atoms with E-state index in [4.69, 9.17) is 19.9 Å². The van der Waals surface area contributed by atoms with Crippen molar-refractivity contribution in [3.8, 4) is 16.9 Å². The maximum Gasteiger partial charge on any atom is 0.305 e. The molecule has 1 aliphatic rings. The molecule has 0 saturated carbocycles. The van der Waals surface area contributed by atoms with Crippen LogP contribution in [0.1, 0.15) is 38.0 Å². The zero-order valence-corrected chi connectivity index (χ0v) is 23.8. The fourth-order valence-electron chi connectivity index (χ4n) is 5.01. The van der Waals surface area contributed by atoms with Crippen LogP contribution in [0.2, 0.25) is 0 Å². The van der Waals surface area contributed by atoms with Gasteiger partial charge in [-0.2, -0.15) is 0 Å². The summed E-state index contributed by atoms with van der Waals surface area (Å²) in [5.74, 6) is 0.903. The number of anilines is 2. The van der Waals surface area contributed by atoms with Crippen molar-refractivity contribution in [2.45, 2.75) is 57.3 Å². The number of imidazole rings is 1. The summed E-state index contributed by atoms with van der Waals surface area (Å²) in [6, 6.07) is 15.8. The highest BCUT2D eigenvalue weighted by atomic mass is 16.6. The molecule has 4 aromatic rings. The second-order valence-corrected chi connectivity index (χ2v) is 10.1. The lowest BCUT2D eigenvalue weighted by molar-refractivity contribution is -0.143. The average molecular weight is 593 g/mol. The van der Waals surface area contributed by atoms with Gasteiger partial charge in [0.05, 0.1) is 19.8 Å². The molecule has 5 rings (SSSR count). The molecule has 0 bridgehead atoms. The van der Waals surface area contributed by atoms with Gasteiger partial charge in [0.2, 0.25) is 5.95 Å². The van der Waals surface area contributed by atoms with Crippen LogP contribution in [0.3, 0.4) is 0 Å². The van der Waals surface area contributed by atoms with Crippen molar-refractivity contribution >= 4 is 28.9 Å². The van der Waals surface area contributed by atoms with Gasteiger partial charge in [-0.3, -0.25) is 9.36 Å². The van der Waals surface area contributed by atoms with Crippen LogP contribution in [0.15, 0.2) is 54.9 Å². The number of nitrogen functional groups attached to an aromatic ring is 1. The number of carbonyl (C=O) groups is 1. The van der Waals surface area contributed by atoms with E-state index in [9.17, 15) is 20.1 Å². The number of rotatable bonds is 13. The lowest BCUT2D eigenvalue weighted by Gasteiger charge is -2.20. The Labute approximate surface area is 248 Å². The molecule has 1 fully saturated rings. The molecule has 1 saturated heterocycles. The Morgan fingerprint density at radius 3 is 2.67 bits per heavy atom. The van der Waals surface area contributed by atoms with Crippen molar-refractivity contribution in [2.75, 3.05) is 30.9 Å². The van der Waals surface area contributed by atoms with Crippen molar-refractivity contribution in [1.29, 1.82) is 0 Å². The summed E-state index contributed by atoms with van der Waals surface area (Å²) in [6.45, 7) is 2.42. The molecule has 0 spiro atoms. The van der Waals surface area contributed by atoms with Crippen LogP contribution in [-0.4, -0.2) is 78.9 Å². The first-order valence-corrected chi connectivity index (χ1v) is 14.2. The standard InChI is InChI=1S/C30H36N6O7/c1-2-41-23(38)10-6-7-13-42-21-14-18(11-12-20(21)19-8-4-3-5-9-19)15-32-30-35-24-27(31)33-17-34-28(24)36(30)29-26(40)25(39)22(16-37)43-29/h3-5,8-9,11-12,14,17,22,25-26,29,37,39-40H,2,6-7,10,13,15-16H2,1H3,(H,32,35)(H2,31,33,34)/t22-,25-,26-,29-/m1/s1. The molecule has 2 aromatic heterocycles. The maximum absolute atomic E-state index is 11.7. The minimum absolute atomic E-state index is 0.143. The number of aliphatic hydroxyl groups excluding tert-OH is 3. The molecule has 13 heteroatoms. The third kappa shape index (κ3) is 6.70. The molecule has 1 aliphatic heterocycles. The van der Waals surface area contributed by atoms with Crippen LogP contribution >= 0.6 is 0 Å². The molecule has 13 nitrogen and oxygen atoms in total. The van der Waals surface area contributed by atoms with Gasteiger partial charge in [0.15, 0.2) is 23.2 Å². The van der Waals surface area contributed by atoms with Crippen LogP contribution in [-0.2, 0) is 20.8 Å². The number of nitrogens with one attached hydrogen (secondary N) is 1. The van der Waals surface area contributed by atoms with Crippen molar-refractivity contribution in [2.24, 2.45) is 0 Å². The number of aromatic nitrogens is 4. The van der Waals surface area contributed by atoms with Crippen LogP contribution in [0.5, 0.6) is 5.75 Å². The van der Waals surface area contributed by atoms with Gasteiger partial charge in [-0.1, -0.05) is 42.5 Å². The van der Waals surface area contributed by atoms with E-state index >= 15 is 0 Å². The van der Waals surface area contributed by atoms with E-state index in [1.165, 1.54) is 10.9 Å². The summed E-state index contributed by atoms with van der Waals surface area (Å²) in [4.78, 5) is 24.5. The Morgan fingerprint density at radius 1 is 1.12 bits per heavy atom. The number of nitrogens with two attached hydrogens (primary N) is 1. The summed E-state index contributed by atoms with van der Waals surface area (Å²) in [7, 11) is 0. The van der Waals surface area contributed by atoms with Crippen LogP contribution in [0, 0.1) is 0 Å². The number of nitrogens with zero attached hydrogens (tertiary/aromatic N) is 4. The van der Waals surface area contributed by atoms with Crippen LogP contribution in [0.4, 0.5) is 11.8 Å². The van der Waals surface area contributed by atoms with Crippen molar-refractivity contribution in [3.05, 3.63) is 60.4 Å². The number of hydrogen-bond donors (Lipinski definition) is 5. The number of benzene rings is 2. The van der Waals surface area contributed by atoms with Crippen molar-refractivity contribution < 1.29 is 34.3 Å². The number of fused-ring (bicyclic) bond motifs is 1. The number of unbranched alkanes of at least 4 members (excludes halogenated alkanes) is 1. The van der Waals surface area contributed by atoms with Gasteiger partial charge in [-0.25, -0.2) is 15.0 Å². The van der Waals surface area contributed by atoms with Gasteiger partial charge in [0.25, 0.3) is 0 Å². The van der Waals surface area contributed by atoms with E-state index in [-0.39, 0.29) is 17.7 Å². The Hall–Kier alpha value is -4.30. The normalized spacial score (nSPS) is 19.9. The van der Waals surface area contributed by atoms with Crippen LogP contribution in [0.25, 0.3) is 22.3 Å². The molecule has 0 aliphatic carbocycles. The zero-order valence-electron chi connectivity index (χ0n) is 23.8. The first-order chi connectivity index (χ1) is 20.9. The molecule has 43 heavy (non-hydrogen) atoms. The summed E-state index contributed by atoms with van der Waals surface area (Å²) in [6.07, 6.45) is -1.74. The lowest BCUT2D eigenvalue weighted by Crippen LogP contribution is -2.33. The monoisotopic (exact) mass is 592 g/mol. The van der Waals surface area contributed by atoms with E-state index in [2.05, 4.69) is 20.3 Å². The number of aliphatic hydroxyl groups is 3. The number of hydrogen-bond acceptors (Lipinski definition) is 12. The molecule has 0 unspecified atom stereocenters. The molecule has 2 aromatic carbocycles. The maximum atomic E-state index is 11.7. The van der Waals surface area contributed by atoms with Crippen LogP contribution < -0.4 is 15.8 Å². The predicted molar refractivity (Wildman–Crippen MR) is 158 cm³/mol. The smallest absolute Gasteiger partial charge is 0.305 e. The lowest BCUT2D eigenvalue weighted by atomic mass is 10.0. The van der Waals surface area contributed by atoms with E-state index in [1.54, 1.807) is 6.92 Å². The molecule has 228 valence electrons. The number of ether oxygens (including phenoxy) is 3. The Balaban J connectivity index is 1.37. The summed E-state index contributed by atoms with van der Waals surface area (Å²) < 4.78 is 18.5. The third-order valence-electron chi connectivity index (χ3n) is 7.20. The first-order valence-electron chi connectivity index (χ1n) is 14.2. The molecule has 6 N–H and O–H groups in total. The van der Waals surface area contributed by atoms with E-state index < -0.39 is 31.1 Å². The summed E-state index contributed by atoms with van der Waals surface area (Å²) >= 11 is 0. The minimum Gasteiger partial charge on any atom is -0.493 e. The van der Waals surface area contributed by atoms with Gasteiger partial charge in [-0.15, -0.1) is 0 Å². The van der Waals surface area contributed by atoms with Gasteiger partial charge in [0, 0.05) is 18.5 Å². The second kappa shape index (κ2) is 13.8. The van der Waals surface area contributed by atoms with Gasteiger partial charge in [0.1, 0.15) is 30.4 Å². The van der Waals surface area contributed by atoms with Gasteiger partial charge < -0.3 is 40.6 Å². The van der Waals surface area contributed by atoms with E-state index in [1.807, 2.05) is 48.5 Å². The third-order valence-corrected chi connectivity index (χ3v) is 7.20. The molecule has 0 radical (unpaired) electrons. The molecule has 3 heterocycles. The Bertz CT molecular complexity index is 1530. The highest BCUT2D eigenvalue weighted by Gasteiger charge is 2.45. The fourth-order valence-corrected chi connectivity index (χ4v) is 5.01. The first kappa shape index (κ1) is 30.2.